The van der Waals surface area contributed by atoms with Gasteiger partial charge in [-0.15, -0.1) is 0 Å². The summed E-state index contributed by atoms with van der Waals surface area (Å²) in [6.45, 7) is 3.67. The van der Waals surface area contributed by atoms with E-state index in [2.05, 4.69) is 30.5 Å². The minimum atomic E-state index is -0.505. The average molecular weight is 369 g/mol. The molecule has 0 unspecified atom stereocenters. The first kappa shape index (κ1) is 17.3. The van der Waals surface area contributed by atoms with Crippen LogP contribution in [0.2, 0.25) is 0 Å². The Bertz CT molecular complexity index is 979. The molecular weight excluding hydrogens is 349 g/mol. The zero-order valence-electron chi connectivity index (χ0n) is 15.1. The van der Waals surface area contributed by atoms with Crippen LogP contribution in [0.15, 0.2) is 30.9 Å². The van der Waals surface area contributed by atoms with E-state index in [4.69, 9.17) is 0 Å². The van der Waals surface area contributed by atoms with Crippen molar-refractivity contribution >= 4 is 23.1 Å². The number of halogens is 1. The van der Waals surface area contributed by atoms with E-state index >= 15 is 0 Å². The number of anilines is 2. The molecule has 8 nitrogen and oxygen atoms in total. The van der Waals surface area contributed by atoms with Crippen LogP contribution in [0.25, 0.3) is 5.65 Å². The molecule has 9 heteroatoms. The number of rotatable bonds is 4. The largest absolute Gasteiger partial charge is 0.354 e. The number of hydrogen-bond acceptors (Lipinski definition) is 6. The van der Waals surface area contributed by atoms with Crippen LogP contribution in [0.3, 0.4) is 0 Å². The van der Waals surface area contributed by atoms with Crippen LogP contribution in [-0.4, -0.2) is 51.4 Å². The average Bonchev–Trinajstić information content (AvgIpc) is 3.30. The van der Waals surface area contributed by atoms with Crippen molar-refractivity contribution in [1.82, 2.24) is 24.7 Å². The van der Waals surface area contributed by atoms with Gasteiger partial charge in [0, 0.05) is 38.1 Å². The van der Waals surface area contributed by atoms with Gasteiger partial charge in [-0.25, -0.2) is 19.3 Å². The Morgan fingerprint density at radius 3 is 2.93 bits per heavy atom. The molecule has 4 rings (SSSR count). The summed E-state index contributed by atoms with van der Waals surface area (Å²) in [6.07, 6.45) is 7.35. The van der Waals surface area contributed by atoms with E-state index in [1.165, 1.54) is 12.3 Å². The highest BCUT2D eigenvalue weighted by atomic mass is 19.1. The molecule has 1 aliphatic rings. The van der Waals surface area contributed by atoms with Crippen LogP contribution in [0.4, 0.5) is 15.9 Å². The maximum atomic E-state index is 14.1. The van der Waals surface area contributed by atoms with Crippen molar-refractivity contribution in [2.24, 2.45) is 0 Å². The van der Waals surface area contributed by atoms with E-state index in [1.807, 2.05) is 7.05 Å². The Balaban J connectivity index is 1.49. The van der Waals surface area contributed by atoms with Crippen molar-refractivity contribution in [2.75, 3.05) is 30.4 Å². The molecule has 27 heavy (non-hydrogen) atoms. The quantitative estimate of drug-likeness (QED) is 0.727. The summed E-state index contributed by atoms with van der Waals surface area (Å²) < 4.78 is 15.7. The summed E-state index contributed by atoms with van der Waals surface area (Å²) in [7, 11) is 1.96. The molecule has 0 bridgehead atoms. The predicted octanol–water partition coefficient (Wildman–Crippen LogP) is 1.62. The van der Waals surface area contributed by atoms with Crippen LogP contribution < -0.4 is 15.5 Å². The Morgan fingerprint density at radius 2 is 2.22 bits per heavy atom. The molecular formula is C18H20FN7O. The van der Waals surface area contributed by atoms with Crippen molar-refractivity contribution < 1.29 is 9.18 Å². The summed E-state index contributed by atoms with van der Waals surface area (Å²) >= 11 is 0. The number of carbonyl (C=O) groups excluding carboxylic acids is 1. The fraction of sp³-hybridized carbons (Fsp3) is 0.333. The van der Waals surface area contributed by atoms with E-state index in [0.29, 0.717) is 23.2 Å². The molecule has 1 aliphatic heterocycles. The molecule has 4 heterocycles. The van der Waals surface area contributed by atoms with Crippen LogP contribution in [-0.2, 0) is 0 Å². The van der Waals surface area contributed by atoms with E-state index in [9.17, 15) is 9.18 Å². The zero-order chi connectivity index (χ0) is 19.0. The Kier molecular flexibility index (Phi) is 4.44. The molecule has 140 valence electrons. The third-order valence-electron chi connectivity index (χ3n) is 4.70. The van der Waals surface area contributed by atoms with E-state index in [1.54, 1.807) is 29.9 Å². The summed E-state index contributed by atoms with van der Waals surface area (Å²) in [4.78, 5) is 27.1. The highest BCUT2D eigenvalue weighted by Crippen LogP contribution is 2.18. The number of aryl methyl sites for hydroxylation is 1. The van der Waals surface area contributed by atoms with Crippen LogP contribution in [0.1, 0.15) is 22.6 Å². The maximum Gasteiger partial charge on any atom is 0.275 e. The van der Waals surface area contributed by atoms with E-state index < -0.39 is 11.7 Å². The molecule has 2 N–H and O–H groups in total. The molecule has 1 fully saturated rings. The van der Waals surface area contributed by atoms with Crippen LogP contribution >= 0.6 is 0 Å². The summed E-state index contributed by atoms with van der Waals surface area (Å²) in [5, 5.41) is 5.96. The summed E-state index contributed by atoms with van der Waals surface area (Å²) in [5.74, 6) is -0.245. The fourth-order valence-electron chi connectivity index (χ4n) is 3.22. The highest BCUT2D eigenvalue weighted by molar-refractivity contribution is 6.02. The van der Waals surface area contributed by atoms with Gasteiger partial charge in [-0.2, -0.15) is 0 Å². The van der Waals surface area contributed by atoms with Gasteiger partial charge in [-0.3, -0.25) is 4.79 Å². The van der Waals surface area contributed by atoms with Crippen molar-refractivity contribution in [2.45, 2.75) is 19.4 Å². The van der Waals surface area contributed by atoms with Gasteiger partial charge in [0.2, 0.25) is 0 Å². The number of aromatic nitrogens is 4. The first-order valence-electron chi connectivity index (χ1n) is 8.73. The number of amides is 1. The van der Waals surface area contributed by atoms with Gasteiger partial charge in [0.25, 0.3) is 5.91 Å². The topological polar surface area (TPSA) is 87.5 Å². The lowest BCUT2D eigenvalue weighted by atomic mass is 10.2. The minimum absolute atomic E-state index is 0.166. The number of carbonyl (C=O) groups is 1. The molecule has 0 spiro atoms. The zero-order valence-corrected chi connectivity index (χ0v) is 15.1. The first-order valence-corrected chi connectivity index (χ1v) is 8.73. The molecule has 3 aromatic rings. The molecule has 1 atom stereocenters. The lowest BCUT2D eigenvalue weighted by molar-refractivity contribution is 0.102. The first-order chi connectivity index (χ1) is 13.0. The van der Waals surface area contributed by atoms with Crippen molar-refractivity contribution in [3.8, 4) is 0 Å². The molecule has 0 aliphatic carbocycles. The third kappa shape index (κ3) is 3.45. The number of likely N-dealkylation sites (N-methyl/N-ethyl adjacent to an activating group) is 1. The summed E-state index contributed by atoms with van der Waals surface area (Å²) in [5.41, 5.74) is 1.40. The smallest absolute Gasteiger partial charge is 0.275 e. The SMILES string of the molecule is Cc1cn2cc(NC(=O)c3cnc(N(C)[C@H]4CCNC4)cn3)cc(F)c2n1. The lowest BCUT2D eigenvalue weighted by Crippen LogP contribution is -2.34. The van der Waals surface area contributed by atoms with Crippen molar-refractivity contribution in [1.29, 1.82) is 0 Å². The second-order valence-corrected chi connectivity index (χ2v) is 6.66. The molecule has 0 aromatic carbocycles. The number of nitrogens with zero attached hydrogens (tertiary/aromatic N) is 5. The van der Waals surface area contributed by atoms with Gasteiger partial charge in [0.15, 0.2) is 11.5 Å². The summed E-state index contributed by atoms with van der Waals surface area (Å²) in [6, 6.07) is 1.61. The molecule has 0 radical (unpaired) electrons. The molecule has 3 aromatic heterocycles. The second kappa shape index (κ2) is 6.92. The fourth-order valence-corrected chi connectivity index (χ4v) is 3.22. The van der Waals surface area contributed by atoms with Crippen LogP contribution in [0, 0.1) is 12.7 Å². The molecule has 0 saturated carbocycles. The predicted molar refractivity (Wildman–Crippen MR) is 99.5 cm³/mol. The van der Waals surface area contributed by atoms with E-state index in [-0.39, 0.29) is 11.3 Å². The molecule has 1 saturated heterocycles. The number of hydrogen-bond donors (Lipinski definition) is 2. The van der Waals surface area contributed by atoms with Gasteiger partial charge >= 0.3 is 0 Å². The third-order valence-corrected chi connectivity index (χ3v) is 4.70. The number of pyridine rings is 1. The second-order valence-electron chi connectivity index (χ2n) is 6.66. The van der Waals surface area contributed by atoms with Crippen LogP contribution in [0.5, 0.6) is 0 Å². The Labute approximate surface area is 155 Å². The monoisotopic (exact) mass is 369 g/mol. The van der Waals surface area contributed by atoms with Gasteiger partial charge in [-0.1, -0.05) is 0 Å². The van der Waals surface area contributed by atoms with Gasteiger partial charge in [-0.05, 0) is 19.9 Å². The molecule has 1 amide bonds. The number of nitrogens with one attached hydrogen (secondary N) is 2. The highest BCUT2D eigenvalue weighted by Gasteiger charge is 2.21. The van der Waals surface area contributed by atoms with Crippen molar-refractivity contribution in [3.05, 3.63) is 48.1 Å². The van der Waals surface area contributed by atoms with Gasteiger partial charge in [0.1, 0.15) is 11.5 Å². The standard InChI is InChI=1S/C18H20FN7O/c1-11-9-26-10-12(5-14(19)17(26)23-11)24-18(27)15-7-22-16(8-21-15)25(2)13-3-4-20-6-13/h5,7-10,13,20H,3-4,6H2,1-2H3,(H,24,27)/t13-/m0/s1. The minimum Gasteiger partial charge on any atom is -0.354 e. The van der Waals surface area contributed by atoms with E-state index in [0.717, 1.165) is 19.5 Å². The lowest BCUT2D eigenvalue weighted by Gasteiger charge is -2.24. The normalized spacial score (nSPS) is 16.6. The Morgan fingerprint density at radius 1 is 1.37 bits per heavy atom. The maximum absolute atomic E-state index is 14.1. The number of imidazole rings is 1. The Hall–Kier alpha value is -3.07. The van der Waals surface area contributed by atoms with Gasteiger partial charge < -0.3 is 19.9 Å². The number of fused-ring (bicyclic) bond motifs is 1. The van der Waals surface area contributed by atoms with Crippen molar-refractivity contribution in [3.63, 3.8) is 0 Å². The van der Waals surface area contributed by atoms with Gasteiger partial charge in [0.05, 0.1) is 23.8 Å².